The van der Waals surface area contributed by atoms with E-state index in [0.717, 1.165) is 12.1 Å². The number of aliphatic hydroxyl groups excluding tert-OH is 1. The van der Waals surface area contributed by atoms with Gasteiger partial charge in [0.1, 0.15) is 17.7 Å². The molecule has 1 atom stereocenters. The van der Waals surface area contributed by atoms with E-state index in [1.807, 2.05) is 0 Å². The number of aryl methyl sites for hydroxylation is 1. The Labute approximate surface area is 105 Å². The van der Waals surface area contributed by atoms with Crippen LogP contribution in [-0.2, 0) is 7.05 Å². The van der Waals surface area contributed by atoms with Crippen molar-refractivity contribution in [1.29, 1.82) is 0 Å². The van der Waals surface area contributed by atoms with Gasteiger partial charge in [-0.2, -0.15) is 5.10 Å². The monoisotopic (exact) mass is 302 g/mol. The van der Waals surface area contributed by atoms with Crippen molar-refractivity contribution in [1.82, 2.24) is 9.78 Å². The van der Waals surface area contributed by atoms with Gasteiger partial charge in [-0.05, 0) is 22.0 Å². The lowest BCUT2D eigenvalue weighted by atomic mass is 10.1. The summed E-state index contributed by atoms with van der Waals surface area (Å²) in [6.07, 6.45) is 0.303. The molecule has 3 nitrogen and oxygen atoms in total. The zero-order chi connectivity index (χ0) is 12.6. The SMILES string of the molecule is Cn1ncc(Br)c1C(O)c1ccc(F)cc1F. The predicted octanol–water partition coefficient (Wildman–Crippen LogP) is 2.54. The van der Waals surface area contributed by atoms with Crippen molar-refractivity contribution in [3.63, 3.8) is 0 Å². The molecule has 0 amide bonds. The van der Waals surface area contributed by atoms with Gasteiger partial charge >= 0.3 is 0 Å². The molecule has 2 aromatic rings. The molecule has 0 spiro atoms. The highest BCUT2D eigenvalue weighted by atomic mass is 79.9. The van der Waals surface area contributed by atoms with E-state index in [2.05, 4.69) is 21.0 Å². The summed E-state index contributed by atoms with van der Waals surface area (Å²) in [7, 11) is 1.63. The van der Waals surface area contributed by atoms with Gasteiger partial charge in [0.2, 0.25) is 0 Å². The Morgan fingerprint density at radius 3 is 2.65 bits per heavy atom. The van der Waals surface area contributed by atoms with Crippen LogP contribution in [0.3, 0.4) is 0 Å². The van der Waals surface area contributed by atoms with E-state index >= 15 is 0 Å². The lowest BCUT2D eigenvalue weighted by Crippen LogP contribution is -2.09. The number of hydrogen-bond acceptors (Lipinski definition) is 2. The smallest absolute Gasteiger partial charge is 0.132 e. The Morgan fingerprint density at radius 1 is 1.41 bits per heavy atom. The summed E-state index contributed by atoms with van der Waals surface area (Å²) < 4.78 is 28.3. The molecule has 0 saturated carbocycles. The van der Waals surface area contributed by atoms with Crippen LogP contribution >= 0.6 is 15.9 Å². The zero-order valence-electron chi connectivity index (χ0n) is 8.86. The molecule has 90 valence electrons. The average molecular weight is 303 g/mol. The molecule has 0 saturated heterocycles. The van der Waals surface area contributed by atoms with Crippen LogP contribution in [0.5, 0.6) is 0 Å². The second kappa shape index (κ2) is 4.54. The minimum Gasteiger partial charge on any atom is -0.382 e. The molecule has 17 heavy (non-hydrogen) atoms. The Morgan fingerprint density at radius 2 is 2.12 bits per heavy atom. The van der Waals surface area contributed by atoms with Crippen LogP contribution in [0, 0.1) is 11.6 Å². The van der Waals surface area contributed by atoms with Gasteiger partial charge in [0.25, 0.3) is 0 Å². The summed E-state index contributed by atoms with van der Waals surface area (Å²) in [6.45, 7) is 0. The van der Waals surface area contributed by atoms with Crippen LogP contribution in [0.15, 0.2) is 28.9 Å². The van der Waals surface area contributed by atoms with Gasteiger partial charge in [-0.25, -0.2) is 8.78 Å². The maximum atomic E-state index is 13.5. The normalized spacial score (nSPS) is 12.8. The summed E-state index contributed by atoms with van der Waals surface area (Å²) in [4.78, 5) is 0. The number of nitrogens with zero attached hydrogens (tertiary/aromatic N) is 2. The summed E-state index contributed by atoms with van der Waals surface area (Å²) >= 11 is 3.21. The molecule has 0 bridgehead atoms. The quantitative estimate of drug-likeness (QED) is 0.926. The average Bonchev–Trinajstić information content (AvgIpc) is 2.58. The summed E-state index contributed by atoms with van der Waals surface area (Å²) in [5.74, 6) is -1.46. The molecule has 0 aliphatic carbocycles. The predicted molar refractivity (Wildman–Crippen MR) is 61.3 cm³/mol. The topological polar surface area (TPSA) is 38.0 Å². The minimum atomic E-state index is -1.20. The molecule has 1 aromatic heterocycles. The summed E-state index contributed by atoms with van der Waals surface area (Å²) in [5, 5.41) is 14.0. The molecule has 0 fully saturated rings. The molecule has 1 unspecified atom stereocenters. The van der Waals surface area contributed by atoms with Crippen LogP contribution in [0.25, 0.3) is 0 Å². The van der Waals surface area contributed by atoms with Crippen molar-refractivity contribution in [2.24, 2.45) is 7.05 Å². The molecule has 1 heterocycles. The Hall–Kier alpha value is -1.27. The third-order valence-corrected chi connectivity index (χ3v) is 3.06. The fourth-order valence-electron chi connectivity index (χ4n) is 1.60. The van der Waals surface area contributed by atoms with E-state index in [0.29, 0.717) is 10.2 Å². The second-order valence-electron chi connectivity index (χ2n) is 3.57. The van der Waals surface area contributed by atoms with E-state index < -0.39 is 17.7 Å². The van der Waals surface area contributed by atoms with Crippen molar-refractivity contribution in [2.75, 3.05) is 0 Å². The van der Waals surface area contributed by atoms with E-state index in [1.54, 1.807) is 7.05 Å². The highest BCUT2D eigenvalue weighted by Gasteiger charge is 2.21. The number of hydrogen-bond donors (Lipinski definition) is 1. The van der Waals surface area contributed by atoms with Crippen molar-refractivity contribution in [2.45, 2.75) is 6.10 Å². The van der Waals surface area contributed by atoms with Gasteiger partial charge < -0.3 is 5.11 Å². The number of benzene rings is 1. The molecule has 0 radical (unpaired) electrons. The third kappa shape index (κ3) is 2.23. The molecule has 0 aliphatic heterocycles. The maximum absolute atomic E-state index is 13.5. The maximum Gasteiger partial charge on any atom is 0.132 e. The first-order chi connectivity index (χ1) is 8.00. The zero-order valence-corrected chi connectivity index (χ0v) is 10.4. The van der Waals surface area contributed by atoms with Gasteiger partial charge in [-0.1, -0.05) is 6.07 Å². The molecule has 2 rings (SSSR count). The van der Waals surface area contributed by atoms with Gasteiger partial charge in [-0.15, -0.1) is 0 Å². The van der Waals surface area contributed by atoms with Crippen LogP contribution in [0.4, 0.5) is 8.78 Å². The number of aromatic nitrogens is 2. The number of aliphatic hydroxyl groups is 1. The standard InChI is InChI=1S/C11H9BrF2N2O/c1-16-10(8(12)5-15-16)11(17)7-3-2-6(13)4-9(7)14/h2-5,11,17H,1H3. The molecule has 6 heteroatoms. The fraction of sp³-hybridized carbons (Fsp3) is 0.182. The molecule has 1 aromatic carbocycles. The first kappa shape index (κ1) is 12.2. The number of rotatable bonds is 2. The Kier molecular flexibility index (Phi) is 3.26. The van der Waals surface area contributed by atoms with Gasteiger partial charge in [0, 0.05) is 18.7 Å². The van der Waals surface area contributed by atoms with Gasteiger partial charge in [0.05, 0.1) is 16.4 Å². The van der Waals surface area contributed by atoms with Crippen molar-refractivity contribution in [3.8, 4) is 0 Å². The molecular formula is C11H9BrF2N2O. The largest absolute Gasteiger partial charge is 0.382 e. The van der Waals surface area contributed by atoms with Crippen LogP contribution in [-0.4, -0.2) is 14.9 Å². The van der Waals surface area contributed by atoms with Crippen molar-refractivity contribution in [3.05, 3.63) is 51.8 Å². The Bertz CT molecular complexity index is 537. The van der Waals surface area contributed by atoms with Gasteiger partial charge in [0.15, 0.2) is 0 Å². The first-order valence-electron chi connectivity index (χ1n) is 4.81. The Balaban J connectivity index is 2.47. The third-order valence-electron chi connectivity index (χ3n) is 2.45. The highest BCUT2D eigenvalue weighted by Crippen LogP contribution is 2.29. The van der Waals surface area contributed by atoms with E-state index in [1.165, 1.54) is 16.9 Å². The van der Waals surface area contributed by atoms with Crippen LogP contribution < -0.4 is 0 Å². The fourth-order valence-corrected chi connectivity index (χ4v) is 2.16. The highest BCUT2D eigenvalue weighted by molar-refractivity contribution is 9.10. The first-order valence-corrected chi connectivity index (χ1v) is 5.60. The van der Waals surface area contributed by atoms with E-state index in [4.69, 9.17) is 0 Å². The summed E-state index contributed by atoms with van der Waals surface area (Å²) in [6, 6.07) is 3.06. The van der Waals surface area contributed by atoms with E-state index in [9.17, 15) is 13.9 Å². The van der Waals surface area contributed by atoms with Crippen LogP contribution in [0.2, 0.25) is 0 Å². The molecule has 1 N–H and O–H groups in total. The van der Waals surface area contributed by atoms with Crippen LogP contribution in [0.1, 0.15) is 17.4 Å². The van der Waals surface area contributed by atoms with Gasteiger partial charge in [-0.3, -0.25) is 4.68 Å². The number of halogens is 3. The van der Waals surface area contributed by atoms with E-state index in [-0.39, 0.29) is 5.56 Å². The molecular weight excluding hydrogens is 294 g/mol. The lowest BCUT2D eigenvalue weighted by Gasteiger charge is -2.13. The lowest BCUT2D eigenvalue weighted by molar-refractivity contribution is 0.203. The van der Waals surface area contributed by atoms with Crippen molar-refractivity contribution >= 4 is 15.9 Å². The minimum absolute atomic E-state index is 0.00991. The molecule has 0 aliphatic rings. The van der Waals surface area contributed by atoms with Crippen molar-refractivity contribution < 1.29 is 13.9 Å². The second-order valence-corrected chi connectivity index (χ2v) is 4.42. The summed E-state index contributed by atoms with van der Waals surface area (Å²) in [5.41, 5.74) is 0.422.